The second kappa shape index (κ2) is 8.01. The van der Waals surface area contributed by atoms with E-state index in [0.717, 1.165) is 16.7 Å². The van der Waals surface area contributed by atoms with Crippen molar-refractivity contribution >= 4 is 21.9 Å². The fourth-order valence-corrected chi connectivity index (χ4v) is 6.39. The zero-order valence-electron chi connectivity index (χ0n) is 18.8. The van der Waals surface area contributed by atoms with Crippen LogP contribution in [0.4, 0.5) is 0 Å². The molecule has 1 atom stereocenters. The maximum absolute atomic E-state index is 13.1. The van der Waals surface area contributed by atoms with E-state index < -0.39 is 15.6 Å². The Bertz CT molecular complexity index is 1190. The second-order valence-corrected chi connectivity index (χ2v) is 10.5. The number of hydrogen-bond donors (Lipinski definition) is 1. The molecule has 8 heteroatoms. The summed E-state index contributed by atoms with van der Waals surface area (Å²) in [6, 6.07) is 9.20. The zero-order chi connectivity index (χ0) is 23.3. The standard InChI is InChI=1S/C24H28N2O5S/c1-15-12-16(2)18(4)22(17(15)3)32(29,30)25-13-21(27)26-11-7-10-24(14-26)20-9-6-5-8-19(20)23(28)31-24/h5-6,8-9,12,25H,7,10-11,13-14H2,1-4H3. The third kappa shape index (κ3) is 3.71. The lowest BCUT2D eigenvalue weighted by Gasteiger charge is -2.39. The number of rotatable bonds is 4. The molecule has 170 valence electrons. The second-order valence-electron chi connectivity index (χ2n) is 8.76. The van der Waals surface area contributed by atoms with Crippen molar-refractivity contribution < 1.29 is 22.7 Å². The van der Waals surface area contributed by atoms with E-state index in [-0.39, 0.29) is 29.9 Å². The van der Waals surface area contributed by atoms with Gasteiger partial charge in [0.15, 0.2) is 5.60 Å². The number of carbonyl (C=O) groups excluding carboxylic acids is 2. The summed E-state index contributed by atoms with van der Waals surface area (Å²) in [6.07, 6.45) is 1.29. The molecule has 2 aliphatic heterocycles. The van der Waals surface area contributed by atoms with Gasteiger partial charge < -0.3 is 9.64 Å². The lowest BCUT2D eigenvalue weighted by Crippen LogP contribution is -2.51. The maximum Gasteiger partial charge on any atom is 0.339 e. The van der Waals surface area contributed by atoms with Gasteiger partial charge in [0.05, 0.1) is 23.5 Å². The van der Waals surface area contributed by atoms with Crippen molar-refractivity contribution in [2.45, 2.75) is 51.0 Å². The minimum atomic E-state index is -3.87. The van der Waals surface area contributed by atoms with Crippen LogP contribution in [-0.4, -0.2) is 44.8 Å². The summed E-state index contributed by atoms with van der Waals surface area (Å²) in [6.45, 7) is 7.66. The minimum absolute atomic E-state index is 0.220. The fourth-order valence-electron chi connectivity index (χ4n) is 4.81. The molecule has 7 nitrogen and oxygen atoms in total. The number of benzene rings is 2. The number of likely N-dealkylation sites (tertiary alicyclic amines) is 1. The number of sulfonamides is 1. The number of carbonyl (C=O) groups is 2. The van der Waals surface area contributed by atoms with Gasteiger partial charge >= 0.3 is 5.97 Å². The van der Waals surface area contributed by atoms with Gasteiger partial charge in [0.1, 0.15) is 0 Å². The number of aryl methyl sites for hydroxylation is 2. The van der Waals surface area contributed by atoms with E-state index in [1.165, 1.54) is 0 Å². The van der Waals surface area contributed by atoms with Gasteiger partial charge in [-0.25, -0.2) is 17.9 Å². The van der Waals surface area contributed by atoms with Crippen molar-refractivity contribution in [3.05, 3.63) is 63.7 Å². The van der Waals surface area contributed by atoms with E-state index in [1.54, 1.807) is 30.9 Å². The predicted octanol–water partition coefficient (Wildman–Crippen LogP) is 2.89. The molecule has 0 radical (unpaired) electrons. The van der Waals surface area contributed by atoms with Crippen molar-refractivity contribution in [3.63, 3.8) is 0 Å². The highest BCUT2D eigenvalue weighted by molar-refractivity contribution is 7.89. The molecule has 2 aromatic rings. The van der Waals surface area contributed by atoms with E-state index >= 15 is 0 Å². The lowest BCUT2D eigenvalue weighted by molar-refractivity contribution is -0.137. The number of nitrogens with one attached hydrogen (secondary N) is 1. The van der Waals surface area contributed by atoms with Crippen molar-refractivity contribution in [2.75, 3.05) is 19.6 Å². The monoisotopic (exact) mass is 456 g/mol. The van der Waals surface area contributed by atoms with Gasteiger partial charge in [-0.2, -0.15) is 0 Å². The first-order chi connectivity index (χ1) is 15.1. The summed E-state index contributed by atoms with van der Waals surface area (Å²) < 4.78 is 34.4. The van der Waals surface area contributed by atoms with Crippen LogP contribution in [0.3, 0.4) is 0 Å². The maximum atomic E-state index is 13.1. The molecule has 2 aromatic carbocycles. The molecule has 1 N–H and O–H groups in total. The molecule has 1 unspecified atom stereocenters. The van der Waals surface area contributed by atoms with Crippen LogP contribution in [0.15, 0.2) is 35.2 Å². The smallest absolute Gasteiger partial charge is 0.339 e. The Hall–Kier alpha value is -2.71. The minimum Gasteiger partial charge on any atom is -0.449 e. The third-order valence-electron chi connectivity index (χ3n) is 6.71. The highest BCUT2D eigenvalue weighted by Gasteiger charge is 2.48. The number of piperidine rings is 1. The van der Waals surface area contributed by atoms with Crippen LogP contribution in [-0.2, 0) is 25.2 Å². The Balaban J connectivity index is 1.52. The first kappa shape index (κ1) is 22.5. The normalized spacial score (nSPS) is 20.4. The number of ether oxygens (including phenoxy) is 1. The summed E-state index contributed by atoms with van der Waals surface area (Å²) >= 11 is 0. The van der Waals surface area contributed by atoms with Crippen molar-refractivity contribution in [2.24, 2.45) is 0 Å². The first-order valence-corrected chi connectivity index (χ1v) is 12.2. The topological polar surface area (TPSA) is 92.8 Å². The van der Waals surface area contributed by atoms with E-state index in [0.29, 0.717) is 36.1 Å². The van der Waals surface area contributed by atoms with Crippen LogP contribution >= 0.6 is 0 Å². The number of fused-ring (bicyclic) bond motifs is 2. The van der Waals surface area contributed by atoms with E-state index in [9.17, 15) is 18.0 Å². The summed E-state index contributed by atoms with van der Waals surface area (Å²) in [5.74, 6) is -0.718. The number of nitrogens with zero attached hydrogens (tertiary/aromatic N) is 1. The van der Waals surface area contributed by atoms with Crippen LogP contribution in [0.25, 0.3) is 0 Å². The van der Waals surface area contributed by atoms with Gasteiger partial charge in [-0.15, -0.1) is 0 Å². The Morgan fingerprint density at radius 3 is 2.47 bits per heavy atom. The molecule has 32 heavy (non-hydrogen) atoms. The Labute approximate surface area is 188 Å². The SMILES string of the molecule is Cc1cc(C)c(C)c(S(=O)(=O)NCC(=O)N2CCCC3(C2)OC(=O)c2ccccc23)c1C. The summed E-state index contributed by atoms with van der Waals surface area (Å²) in [7, 11) is -3.87. The highest BCUT2D eigenvalue weighted by Crippen LogP contribution is 2.42. The summed E-state index contributed by atoms with van der Waals surface area (Å²) in [5, 5.41) is 0. The molecule has 2 heterocycles. The molecule has 1 spiro atoms. The van der Waals surface area contributed by atoms with Gasteiger partial charge in [-0.1, -0.05) is 24.3 Å². The van der Waals surface area contributed by atoms with E-state index in [2.05, 4.69) is 4.72 Å². The van der Waals surface area contributed by atoms with Crippen LogP contribution in [0.1, 0.15) is 51.0 Å². The molecule has 0 aromatic heterocycles. The van der Waals surface area contributed by atoms with Gasteiger partial charge in [-0.3, -0.25) is 4.79 Å². The lowest BCUT2D eigenvalue weighted by atomic mass is 9.85. The Kier molecular flexibility index (Phi) is 5.63. The number of amides is 1. The van der Waals surface area contributed by atoms with Gasteiger partial charge in [-0.05, 0) is 68.9 Å². The van der Waals surface area contributed by atoms with Crippen molar-refractivity contribution in [3.8, 4) is 0 Å². The fraction of sp³-hybridized carbons (Fsp3) is 0.417. The Morgan fingerprint density at radius 2 is 1.78 bits per heavy atom. The van der Waals surface area contributed by atoms with E-state index in [4.69, 9.17) is 4.74 Å². The van der Waals surface area contributed by atoms with Crippen LogP contribution in [0, 0.1) is 27.7 Å². The number of hydrogen-bond acceptors (Lipinski definition) is 5. The molecule has 1 saturated heterocycles. The Morgan fingerprint density at radius 1 is 1.12 bits per heavy atom. The molecule has 0 saturated carbocycles. The molecular weight excluding hydrogens is 428 g/mol. The van der Waals surface area contributed by atoms with Gasteiger partial charge in [0, 0.05) is 12.1 Å². The number of esters is 1. The molecule has 1 fully saturated rings. The third-order valence-corrected chi connectivity index (χ3v) is 8.39. The van der Waals surface area contributed by atoms with Gasteiger partial charge in [0.25, 0.3) is 0 Å². The van der Waals surface area contributed by atoms with E-state index in [1.807, 2.05) is 32.0 Å². The zero-order valence-corrected chi connectivity index (χ0v) is 19.6. The molecular formula is C24H28N2O5S. The van der Waals surface area contributed by atoms with Crippen molar-refractivity contribution in [1.82, 2.24) is 9.62 Å². The largest absolute Gasteiger partial charge is 0.449 e. The predicted molar refractivity (Wildman–Crippen MR) is 120 cm³/mol. The van der Waals surface area contributed by atoms with Crippen LogP contribution < -0.4 is 4.72 Å². The quantitative estimate of drug-likeness (QED) is 0.714. The molecule has 1 amide bonds. The molecule has 0 aliphatic carbocycles. The molecule has 2 aliphatic rings. The first-order valence-electron chi connectivity index (χ1n) is 10.7. The van der Waals surface area contributed by atoms with Gasteiger partial charge in [0.2, 0.25) is 15.9 Å². The van der Waals surface area contributed by atoms with Crippen LogP contribution in [0.2, 0.25) is 0 Å². The molecule has 4 rings (SSSR count). The summed E-state index contributed by atoms with van der Waals surface area (Å²) in [5.41, 5.74) is 3.60. The molecule has 0 bridgehead atoms. The van der Waals surface area contributed by atoms with Crippen LogP contribution in [0.5, 0.6) is 0 Å². The average molecular weight is 457 g/mol. The van der Waals surface area contributed by atoms with Crippen molar-refractivity contribution in [1.29, 1.82) is 0 Å². The summed E-state index contributed by atoms with van der Waals surface area (Å²) in [4.78, 5) is 27.1. The average Bonchev–Trinajstić information content (AvgIpc) is 3.02. The highest BCUT2D eigenvalue weighted by atomic mass is 32.2.